The lowest BCUT2D eigenvalue weighted by molar-refractivity contribution is 0.0732. The molecule has 0 saturated carbocycles. The molecule has 0 fully saturated rings. The summed E-state index contributed by atoms with van der Waals surface area (Å²) in [5.41, 5.74) is 5.94. The second kappa shape index (κ2) is 7.43. The number of nitrogens with zero attached hydrogens (tertiary/aromatic N) is 3. The Morgan fingerprint density at radius 2 is 1.89 bits per heavy atom. The van der Waals surface area contributed by atoms with Crippen molar-refractivity contribution in [2.24, 2.45) is 0 Å². The van der Waals surface area contributed by atoms with E-state index in [1.165, 1.54) is 0 Å². The van der Waals surface area contributed by atoms with Gasteiger partial charge in [0.25, 0.3) is 5.91 Å². The number of aromatic nitrogens is 2. The molecular formula is C23H23N3O2. The van der Waals surface area contributed by atoms with Gasteiger partial charge in [-0.2, -0.15) is 0 Å². The minimum atomic E-state index is 0.0716. The minimum absolute atomic E-state index is 0.0716. The summed E-state index contributed by atoms with van der Waals surface area (Å²) in [6.45, 7) is 5.24. The third-order valence-corrected chi connectivity index (χ3v) is 5.18. The third-order valence-electron chi connectivity index (χ3n) is 5.18. The predicted molar refractivity (Wildman–Crippen MR) is 108 cm³/mol. The normalized spacial score (nSPS) is 13.2. The first-order valence-corrected chi connectivity index (χ1v) is 9.41. The van der Waals surface area contributed by atoms with E-state index in [1.54, 1.807) is 7.11 Å². The van der Waals surface area contributed by atoms with Crippen molar-refractivity contribution < 1.29 is 9.53 Å². The molecule has 0 saturated heterocycles. The van der Waals surface area contributed by atoms with Crippen LogP contribution in [0.25, 0.3) is 11.4 Å². The van der Waals surface area contributed by atoms with Gasteiger partial charge in [-0.1, -0.05) is 17.7 Å². The highest BCUT2D eigenvalue weighted by Crippen LogP contribution is 2.24. The van der Waals surface area contributed by atoms with E-state index in [0.717, 1.165) is 45.7 Å². The minimum Gasteiger partial charge on any atom is -0.497 e. The Hall–Kier alpha value is -3.21. The standard InChI is InChI=1S/C23H23N3O2/c1-15-4-9-20(16(2)12-15)23(27)26-11-10-21-18(14-26)13-24-22(25-21)17-5-7-19(28-3)8-6-17/h4-9,12-13H,10-11,14H2,1-3H3. The van der Waals surface area contributed by atoms with Crippen LogP contribution in [0.1, 0.15) is 32.7 Å². The van der Waals surface area contributed by atoms with E-state index < -0.39 is 0 Å². The van der Waals surface area contributed by atoms with E-state index in [1.807, 2.05) is 61.3 Å². The molecule has 142 valence electrons. The van der Waals surface area contributed by atoms with Crippen LogP contribution in [0.15, 0.2) is 48.7 Å². The molecule has 2 heterocycles. The van der Waals surface area contributed by atoms with Crippen LogP contribution in [-0.4, -0.2) is 34.4 Å². The summed E-state index contributed by atoms with van der Waals surface area (Å²) in [6.07, 6.45) is 2.58. The van der Waals surface area contributed by atoms with Crippen molar-refractivity contribution in [2.45, 2.75) is 26.8 Å². The predicted octanol–water partition coefficient (Wildman–Crippen LogP) is 3.97. The zero-order chi connectivity index (χ0) is 19.7. The summed E-state index contributed by atoms with van der Waals surface area (Å²) >= 11 is 0. The van der Waals surface area contributed by atoms with Gasteiger partial charge in [-0.05, 0) is 49.7 Å². The number of rotatable bonds is 3. The van der Waals surface area contributed by atoms with Crippen LogP contribution in [0.5, 0.6) is 5.75 Å². The van der Waals surface area contributed by atoms with Crippen molar-refractivity contribution in [1.82, 2.24) is 14.9 Å². The molecule has 0 bridgehead atoms. The van der Waals surface area contributed by atoms with Gasteiger partial charge >= 0.3 is 0 Å². The maximum Gasteiger partial charge on any atom is 0.254 e. The topological polar surface area (TPSA) is 55.3 Å². The molecule has 1 aromatic heterocycles. The highest BCUT2D eigenvalue weighted by atomic mass is 16.5. The molecule has 5 heteroatoms. The molecule has 0 atom stereocenters. The first-order valence-electron chi connectivity index (χ1n) is 9.41. The molecule has 28 heavy (non-hydrogen) atoms. The van der Waals surface area contributed by atoms with Crippen LogP contribution in [0, 0.1) is 13.8 Å². The number of hydrogen-bond acceptors (Lipinski definition) is 4. The number of carbonyl (C=O) groups is 1. The molecule has 0 radical (unpaired) electrons. The average Bonchev–Trinajstić information content (AvgIpc) is 2.72. The fourth-order valence-corrected chi connectivity index (χ4v) is 3.59. The number of amides is 1. The summed E-state index contributed by atoms with van der Waals surface area (Å²) in [4.78, 5) is 24.1. The largest absolute Gasteiger partial charge is 0.497 e. The molecule has 0 aliphatic carbocycles. The van der Waals surface area contributed by atoms with Crippen molar-refractivity contribution in [3.8, 4) is 17.1 Å². The number of hydrogen-bond donors (Lipinski definition) is 0. The maximum atomic E-state index is 13.0. The lowest BCUT2D eigenvalue weighted by Crippen LogP contribution is -2.36. The van der Waals surface area contributed by atoms with E-state index in [0.29, 0.717) is 18.9 Å². The molecule has 5 nitrogen and oxygen atoms in total. The smallest absolute Gasteiger partial charge is 0.254 e. The van der Waals surface area contributed by atoms with Crippen molar-refractivity contribution >= 4 is 5.91 Å². The van der Waals surface area contributed by atoms with E-state index in [-0.39, 0.29) is 5.91 Å². The zero-order valence-corrected chi connectivity index (χ0v) is 16.4. The van der Waals surface area contributed by atoms with Gasteiger partial charge in [0.05, 0.1) is 12.8 Å². The number of aryl methyl sites for hydroxylation is 2. The van der Waals surface area contributed by atoms with Crippen LogP contribution < -0.4 is 4.74 Å². The lowest BCUT2D eigenvalue weighted by atomic mass is 10.0. The van der Waals surface area contributed by atoms with E-state index in [9.17, 15) is 4.79 Å². The van der Waals surface area contributed by atoms with E-state index in [4.69, 9.17) is 9.72 Å². The summed E-state index contributed by atoms with van der Waals surface area (Å²) in [5, 5.41) is 0. The molecule has 1 aliphatic rings. The Morgan fingerprint density at radius 1 is 1.11 bits per heavy atom. The van der Waals surface area contributed by atoms with Crippen LogP contribution in [0.2, 0.25) is 0 Å². The SMILES string of the molecule is COc1ccc(-c2ncc3c(n2)CCN(C(=O)c2ccc(C)cc2C)C3)cc1. The van der Waals surface area contributed by atoms with Crippen LogP contribution in [0.4, 0.5) is 0 Å². The third kappa shape index (κ3) is 3.48. The fraction of sp³-hybridized carbons (Fsp3) is 0.261. The molecular weight excluding hydrogens is 350 g/mol. The lowest BCUT2D eigenvalue weighted by Gasteiger charge is -2.28. The second-order valence-electron chi connectivity index (χ2n) is 7.19. The van der Waals surface area contributed by atoms with Gasteiger partial charge in [-0.25, -0.2) is 9.97 Å². The quantitative estimate of drug-likeness (QED) is 0.697. The van der Waals surface area contributed by atoms with Gasteiger partial charge in [0.1, 0.15) is 5.75 Å². The van der Waals surface area contributed by atoms with E-state index in [2.05, 4.69) is 11.1 Å². The molecule has 0 N–H and O–H groups in total. The fourth-order valence-electron chi connectivity index (χ4n) is 3.59. The Kier molecular flexibility index (Phi) is 4.82. The number of ether oxygens (including phenoxy) is 1. The van der Waals surface area contributed by atoms with Crippen LogP contribution in [0.3, 0.4) is 0 Å². The summed E-state index contributed by atoms with van der Waals surface area (Å²) in [5.74, 6) is 1.58. The molecule has 0 spiro atoms. The Labute approximate surface area is 165 Å². The molecule has 1 amide bonds. The molecule has 1 aliphatic heterocycles. The Bertz CT molecular complexity index is 1030. The first kappa shape index (κ1) is 18.2. The van der Waals surface area contributed by atoms with Crippen molar-refractivity contribution in [3.63, 3.8) is 0 Å². The maximum absolute atomic E-state index is 13.0. The highest BCUT2D eigenvalue weighted by molar-refractivity contribution is 5.95. The zero-order valence-electron chi connectivity index (χ0n) is 16.4. The van der Waals surface area contributed by atoms with Crippen molar-refractivity contribution in [1.29, 1.82) is 0 Å². The van der Waals surface area contributed by atoms with Gasteiger partial charge in [-0.15, -0.1) is 0 Å². The average molecular weight is 373 g/mol. The summed E-state index contributed by atoms with van der Waals surface area (Å²) in [6, 6.07) is 13.7. The summed E-state index contributed by atoms with van der Waals surface area (Å²) in [7, 11) is 1.65. The Morgan fingerprint density at radius 3 is 2.61 bits per heavy atom. The van der Waals surface area contributed by atoms with Gasteiger partial charge in [0.15, 0.2) is 5.82 Å². The second-order valence-corrected chi connectivity index (χ2v) is 7.19. The molecule has 4 rings (SSSR count). The van der Waals surface area contributed by atoms with Crippen LogP contribution >= 0.6 is 0 Å². The number of carbonyl (C=O) groups excluding carboxylic acids is 1. The van der Waals surface area contributed by atoms with Gasteiger partial charge in [-0.3, -0.25) is 4.79 Å². The van der Waals surface area contributed by atoms with Gasteiger partial charge < -0.3 is 9.64 Å². The number of methoxy groups -OCH3 is 1. The molecule has 0 unspecified atom stereocenters. The van der Waals surface area contributed by atoms with Crippen molar-refractivity contribution in [3.05, 3.63) is 76.6 Å². The monoisotopic (exact) mass is 373 g/mol. The highest BCUT2D eigenvalue weighted by Gasteiger charge is 2.24. The van der Waals surface area contributed by atoms with E-state index >= 15 is 0 Å². The molecule has 3 aromatic rings. The summed E-state index contributed by atoms with van der Waals surface area (Å²) < 4.78 is 5.20. The molecule has 2 aromatic carbocycles. The number of benzene rings is 2. The van der Waals surface area contributed by atoms with Gasteiger partial charge in [0.2, 0.25) is 0 Å². The Balaban J connectivity index is 1.55. The van der Waals surface area contributed by atoms with Gasteiger partial charge in [0, 0.05) is 42.4 Å². The first-order chi connectivity index (χ1) is 13.5. The van der Waals surface area contributed by atoms with Crippen molar-refractivity contribution in [2.75, 3.05) is 13.7 Å². The van der Waals surface area contributed by atoms with Crippen LogP contribution in [-0.2, 0) is 13.0 Å². The number of fused-ring (bicyclic) bond motifs is 1.